The van der Waals surface area contributed by atoms with E-state index in [9.17, 15) is 0 Å². The zero-order valence-corrected chi connectivity index (χ0v) is 13.1. The Hall–Kier alpha value is -0.730. The quantitative estimate of drug-likeness (QED) is 0.896. The van der Waals surface area contributed by atoms with E-state index >= 15 is 0 Å². The molecule has 110 valence electrons. The fourth-order valence-electron chi connectivity index (χ4n) is 4.39. The van der Waals surface area contributed by atoms with Crippen LogP contribution in [0, 0.1) is 17.8 Å². The van der Waals surface area contributed by atoms with Crippen molar-refractivity contribution in [2.45, 2.75) is 32.1 Å². The Balaban J connectivity index is 1.75. The van der Waals surface area contributed by atoms with Crippen LogP contribution in [0.5, 0.6) is 0 Å². The molecular weight excluding hydrogens is 268 g/mol. The maximum Gasteiger partial charge on any atom is 0.0642 e. The first-order chi connectivity index (χ1) is 9.69. The van der Waals surface area contributed by atoms with Crippen molar-refractivity contribution in [3.63, 3.8) is 0 Å². The molecule has 2 bridgehead atoms. The molecule has 0 heterocycles. The summed E-state index contributed by atoms with van der Waals surface area (Å²) < 4.78 is 0. The summed E-state index contributed by atoms with van der Waals surface area (Å²) in [5.41, 5.74) is 8.21. The number of para-hydroxylation sites is 1. The second-order valence-corrected chi connectivity index (χ2v) is 7.01. The maximum atomic E-state index is 6.44. The molecule has 0 radical (unpaired) electrons. The van der Waals surface area contributed by atoms with Gasteiger partial charge >= 0.3 is 0 Å². The van der Waals surface area contributed by atoms with E-state index in [1.54, 1.807) is 0 Å². The van der Waals surface area contributed by atoms with Crippen LogP contribution in [0.1, 0.15) is 31.2 Å². The van der Waals surface area contributed by atoms with E-state index in [4.69, 9.17) is 17.3 Å². The van der Waals surface area contributed by atoms with Crippen LogP contribution >= 0.6 is 11.6 Å². The Labute approximate surface area is 127 Å². The normalized spacial score (nSPS) is 28.1. The lowest BCUT2D eigenvalue weighted by molar-refractivity contribution is 0.337. The summed E-state index contributed by atoms with van der Waals surface area (Å²) in [4.78, 5) is 2.37. The Kier molecular flexibility index (Phi) is 4.23. The Morgan fingerprint density at radius 2 is 2.15 bits per heavy atom. The van der Waals surface area contributed by atoms with Crippen molar-refractivity contribution in [3.05, 3.63) is 28.8 Å². The molecule has 3 heteroatoms. The molecule has 2 N–H and O–H groups in total. The minimum Gasteiger partial charge on any atom is -0.373 e. The first-order valence-corrected chi connectivity index (χ1v) is 8.25. The van der Waals surface area contributed by atoms with Crippen molar-refractivity contribution in [3.8, 4) is 0 Å². The zero-order chi connectivity index (χ0) is 14.1. The summed E-state index contributed by atoms with van der Waals surface area (Å²) in [7, 11) is 2.19. The van der Waals surface area contributed by atoms with Crippen LogP contribution in [-0.4, -0.2) is 20.1 Å². The van der Waals surface area contributed by atoms with Gasteiger partial charge in [-0.05, 0) is 61.6 Å². The van der Waals surface area contributed by atoms with Crippen molar-refractivity contribution in [2.24, 2.45) is 23.5 Å². The van der Waals surface area contributed by atoms with Gasteiger partial charge in [-0.15, -0.1) is 0 Å². The molecule has 20 heavy (non-hydrogen) atoms. The summed E-state index contributed by atoms with van der Waals surface area (Å²) >= 11 is 6.44. The van der Waals surface area contributed by atoms with Gasteiger partial charge in [-0.25, -0.2) is 0 Å². The number of fused-ring (bicyclic) bond motifs is 2. The summed E-state index contributed by atoms with van der Waals surface area (Å²) in [6.07, 6.45) is 6.70. The van der Waals surface area contributed by atoms with Gasteiger partial charge < -0.3 is 10.6 Å². The summed E-state index contributed by atoms with van der Waals surface area (Å²) in [5.74, 6) is 2.83. The summed E-state index contributed by atoms with van der Waals surface area (Å²) in [6.45, 7) is 1.82. The minimum absolute atomic E-state index is 0.676. The van der Waals surface area contributed by atoms with Gasteiger partial charge in [0, 0.05) is 13.6 Å². The van der Waals surface area contributed by atoms with E-state index < -0.39 is 0 Å². The lowest BCUT2D eigenvalue weighted by atomic mass is 9.88. The molecular formula is C17H25ClN2. The minimum atomic E-state index is 0.676. The van der Waals surface area contributed by atoms with Crippen LogP contribution < -0.4 is 10.6 Å². The Bertz CT molecular complexity index is 474. The second kappa shape index (κ2) is 5.95. The summed E-state index contributed by atoms with van der Waals surface area (Å²) in [6, 6.07) is 6.18. The number of hydrogen-bond acceptors (Lipinski definition) is 2. The molecule has 2 saturated carbocycles. The van der Waals surface area contributed by atoms with Crippen LogP contribution in [-0.2, 0) is 6.42 Å². The van der Waals surface area contributed by atoms with Gasteiger partial charge in [0.25, 0.3) is 0 Å². The molecule has 0 aliphatic heterocycles. The molecule has 1 aromatic carbocycles. The van der Waals surface area contributed by atoms with Gasteiger partial charge in [0.05, 0.1) is 10.7 Å². The second-order valence-electron chi connectivity index (χ2n) is 6.60. The van der Waals surface area contributed by atoms with Gasteiger partial charge in [-0.1, -0.05) is 30.2 Å². The number of nitrogens with two attached hydrogens (primary N) is 1. The van der Waals surface area contributed by atoms with Gasteiger partial charge in [-0.3, -0.25) is 0 Å². The van der Waals surface area contributed by atoms with Crippen LogP contribution in [0.15, 0.2) is 18.2 Å². The molecule has 2 aliphatic rings. The number of anilines is 1. The van der Waals surface area contributed by atoms with Crippen molar-refractivity contribution in [1.29, 1.82) is 0 Å². The van der Waals surface area contributed by atoms with Crippen LogP contribution in [0.2, 0.25) is 5.02 Å². The number of halogens is 1. The fourth-order valence-corrected chi connectivity index (χ4v) is 4.73. The number of nitrogens with zero attached hydrogens (tertiary/aromatic N) is 1. The van der Waals surface area contributed by atoms with Crippen molar-refractivity contribution >= 4 is 17.3 Å². The van der Waals surface area contributed by atoms with Gasteiger partial charge in [0.15, 0.2) is 0 Å². The standard InChI is InChI=1S/C17H25ClN2/c1-20(11-15-10-12-5-6-14(15)9-12)17-13(7-8-19)3-2-4-16(17)18/h2-4,12,14-15H,5-11,19H2,1H3. The monoisotopic (exact) mass is 292 g/mol. The molecule has 2 nitrogen and oxygen atoms in total. The predicted octanol–water partition coefficient (Wildman–Crippen LogP) is 3.71. The summed E-state index contributed by atoms with van der Waals surface area (Å²) in [5, 5.41) is 0.863. The van der Waals surface area contributed by atoms with Crippen molar-refractivity contribution < 1.29 is 0 Å². The molecule has 2 aliphatic carbocycles. The molecule has 0 saturated heterocycles. The molecule has 3 atom stereocenters. The van der Waals surface area contributed by atoms with Crippen LogP contribution in [0.4, 0.5) is 5.69 Å². The van der Waals surface area contributed by atoms with E-state index in [2.05, 4.69) is 18.0 Å². The molecule has 3 unspecified atom stereocenters. The largest absolute Gasteiger partial charge is 0.373 e. The van der Waals surface area contributed by atoms with Gasteiger partial charge in [0.2, 0.25) is 0 Å². The Morgan fingerprint density at radius 1 is 1.30 bits per heavy atom. The number of benzene rings is 1. The van der Waals surface area contributed by atoms with E-state index in [1.807, 2.05) is 12.1 Å². The first kappa shape index (κ1) is 14.2. The van der Waals surface area contributed by atoms with Crippen molar-refractivity contribution in [2.75, 3.05) is 25.0 Å². The zero-order valence-electron chi connectivity index (χ0n) is 12.3. The molecule has 0 aromatic heterocycles. The number of rotatable bonds is 5. The highest BCUT2D eigenvalue weighted by molar-refractivity contribution is 6.33. The third kappa shape index (κ3) is 2.68. The third-order valence-electron chi connectivity index (χ3n) is 5.26. The SMILES string of the molecule is CN(CC1CC2CCC1C2)c1c(Cl)cccc1CCN. The molecule has 0 spiro atoms. The maximum absolute atomic E-state index is 6.44. The lowest BCUT2D eigenvalue weighted by Gasteiger charge is -2.30. The van der Waals surface area contributed by atoms with Gasteiger partial charge in [0.1, 0.15) is 0 Å². The smallest absolute Gasteiger partial charge is 0.0642 e. The molecule has 3 rings (SSSR count). The predicted molar refractivity (Wildman–Crippen MR) is 86.4 cm³/mol. The van der Waals surface area contributed by atoms with E-state index in [0.717, 1.165) is 35.7 Å². The van der Waals surface area contributed by atoms with Crippen LogP contribution in [0.25, 0.3) is 0 Å². The fraction of sp³-hybridized carbons (Fsp3) is 0.647. The highest BCUT2D eigenvalue weighted by atomic mass is 35.5. The highest BCUT2D eigenvalue weighted by Crippen LogP contribution is 2.48. The average molecular weight is 293 g/mol. The first-order valence-electron chi connectivity index (χ1n) is 7.87. The van der Waals surface area contributed by atoms with E-state index in [1.165, 1.54) is 36.9 Å². The van der Waals surface area contributed by atoms with Gasteiger partial charge in [-0.2, -0.15) is 0 Å². The third-order valence-corrected chi connectivity index (χ3v) is 5.56. The Morgan fingerprint density at radius 3 is 2.80 bits per heavy atom. The lowest BCUT2D eigenvalue weighted by Crippen LogP contribution is -2.29. The van der Waals surface area contributed by atoms with Crippen molar-refractivity contribution in [1.82, 2.24) is 0 Å². The number of hydrogen-bond donors (Lipinski definition) is 1. The topological polar surface area (TPSA) is 29.3 Å². The van der Waals surface area contributed by atoms with E-state index in [-0.39, 0.29) is 0 Å². The molecule has 2 fully saturated rings. The highest BCUT2D eigenvalue weighted by Gasteiger charge is 2.39. The van der Waals surface area contributed by atoms with Crippen LogP contribution in [0.3, 0.4) is 0 Å². The van der Waals surface area contributed by atoms with E-state index in [0.29, 0.717) is 6.54 Å². The molecule has 0 amide bonds. The average Bonchev–Trinajstić information content (AvgIpc) is 3.01. The molecule has 1 aromatic rings.